The number of hydrogen-bond donors (Lipinski definition) is 1. The third-order valence-electron chi connectivity index (χ3n) is 4.46. The third-order valence-corrected chi connectivity index (χ3v) is 6.36. The summed E-state index contributed by atoms with van der Waals surface area (Å²) < 4.78 is 37.5. The van der Waals surface area contributed by atoms with Crippen LogP contribution in [-0.2, 0) is 21.5 Å². The highest BCUT2D eigenvalue weighted by molar-refractivity contribution is 7.86. The van der Waals surface area contributed by atoms with Crippen molar-refractivity contribution >= 4 is 16.1 Å². The molecule has 1 saturated heterocycles. The first-order valence-corrected chi connectivity index (χ1v) is 9.85. The molecule has 0 aliphatic carbocycles. The van der Waals surface area contributed by atoms with E-state index in [1.165, 1.54) is 22.7 Å². The van der Waals surface area contributed by atoms with Gasteiger partial charge in [-0.2, -0.15) is 17.0 Å². The number of hydrogen-bond acceptors (Lipinski definition) is 5. The van der Waals surface area contributed by atoms with Gasteiger partial charge in [0.25, 0.3) is 10.2 Å². The minimum absolute atomic E-state index is 0.140. The topological polar surface area (TPSA) is 88.2 Å². The molecule has 0 spiro atoms. The summed E-state index contributed by atoms with van der Waals surface area (Å²) in [5, 5.41) is 2.89. The third kappa shape index (κ3) is 4.66. The first-order chi connectivity index (χ1) is 12.3. The Morgan fingerprint density at radius 1 is 1.27 bits per heavy atom. The maximum atomic E-state index is 12.5. The number of rotatable bonds is 7. The smallest absolute Gasteiger partial charge is 0.281 e. The number of methoxy groups -OCH3 is 2. The molecule has 1 aromatic carbocycles. The van der Waals surface area contributed by atoms with Crippen LogP contribution in [0.5, 0.6) is 11.5 Å². The molecule has 1 atom stereocenters. The van der Waals surface area contributed by atoms with Gasteiger partial charge >= 0.3 is 0 Å². The van der Waals surface area contributed by atoms with E-state index in [4.69, 9.17) is 9.47 Å². The molecule has 0 aromatic heterocycles. The van der Waals surface area contributed by atoms with E-state index in [2.05, 4.69) is 5.32 Å². The van der Waals surface area contributed by atoms with E-state index >= 15 is 0 Å². The molecular formula is C17H27N3O5S. The van der Waals surface area contributed by atoms with Gasteiger partial charge in [-0.15, -0.1) is 0 Å². The predicted molar refractivity (Wildman–Crippen MR) is 98.3 cm³/mol. The Balaban J connectivity index is 1.97. The van der Waals surface area contributed by atoms with Crippen molar-refractivity contribution in [3.05, 3.63) is 23.8 Å². The van der Waals surface area contributed by atoms with Crippen LogP contribution >= 0.6 is 0 Å². The molecule has 0 saturated carbocycles. The highest BCUT2D eigenvalue weighted by Gasteiger charge is 2.33. The van der Waals surface area contributed by atoms with Crippen LogP contribution in [0.15, 0.2) is 18.2 Å². The van der Waals surface area contributed by atoms with Crippen molar-refractivity contribution in [2.45, 2.75) is 19.4 Å². The Morgan fingerprint density at radius 2 is 1.96 bits per heavy atom. The lowest BCUT2D eigenvalue weighted by Gasteiger charge is -2.32. The molecule has 1 aliphatic heterocycles. The fourth-order valence-corrected chi connectivity index (χ4v) is 4.11. The van der Waals surface area contributed by atoms with Gasteiger partial charge < -0.3 is 14.8 Å². The van der Waals surface area contributed by atoms with Gasteiger partial charge in [0.05, 0.1) is 20.1 Å². The number of ether oxygens (including phenoxy) is 2. The first-order valence-electron chi connectivity index (χ1n) is 8.45. The molecule has 8 nitrogen and oxygen atoms in total. The number of benzene rings is 1. The van der Waals surface area contributed by atoms with Crippen molar-refractivity contribution in [1.82, 2.24) is 13.9 Å². The number of piperidine rings is 1. The van der Waals surface area contributed by atoms with E-state index in [0.29, 0.717) is 37.4 Å². The number of nitrogens with one attached hydrogen (secondary N) is 1. The summed E-state index contributed by atoms with van der Waals surface area (Å²) in [6.07, 6.45) is 1.35. The first kappa shape index (κ1) is 20.5. The van der Waals surface area contributed by atoms with Crippen LogP contribution in [-0.4, -0.2) is 64.3 Å². The lowest BCUT2D eigenvalue weighted by atomic mass is 9.98. The van der Waals surface area contributed by atoms with E-state index in [1.807, 2.05) is 12.1 Å². The van der Waals surface area contributed by atoms with Crippen molar-refractivity contribution in [2.75, 3.05) is 41.4 Å². The molecule has 1 amide bonds. The second-order valence-electron chi connectivity index (χ2n) is 6.39. The van der Waals surface area contributed by atoms with E-state index in [1.54, 1.807) is 20.3 Å². The zero-order valence-corrected chi connectivity index (χ0v) is 16.5. The Kier molecular flexibility index (Phi) is 6.85. The van der Waals surface area contributed by atoms with Gasteiger partial charge in [0.15, 0.2) is 11.5 Å². The Morgan fingerprint density at radius 3 is 2.58 bits per heavy atom. The van der Waals surface area contributed by atoms with Crippen molar-refractivity contribution < 1.29 is 22.7 Å². The van der Waals surface area contributed by atoms with Crippen LogP contribution < -0.4 is 14.8 Å². The fourth-order valence-electron chi connectivity index (χ4n) is 2.92. The number of carbonyl (C=O) groups is 1. The van der Waals surface area contributed by atoms with Crippen molar-refractivity contribution in [1.29, 1.82) is 0 Å². The second kappa shape index (κ2) is 8.70. The minimum Gasteiger partial charge on any atom is -0.493 e. The summed E-state index contributed by atoms with van der Waals surface area (Å²) in [5.74, 6) is 0.733. The summed E-state index contributed by atoms with van der Waals surface area (Å²) in [7, 11) is 2.62. The van der Waals surface area contributed by atoms with Crippen LogP contribution in [0.3, 0.4) is 0 Å². The van der Waals surface area contributed by atoms with Crippen molar-refractivity contribution in [2.24, 2.45) is 5.92 Å². The lowest BCUT2D eigenvalue weighted by Crippen LogP contribution is -2.48. The SMILES string of the molecule is COc1ccc(CNC(=O)C2CCCN(S(=O)(=O)N(C)C)C2)cc1OC. The van der Waals surface area contributed by atoms with Crippen LogP contribution in [0, 0.1) is 5.92 Å². The van der Waals surface area contributed by atoms with E-state index in [0.717, 1.165) is 5.56 Å². The maximum Gasteiger partial charge on any atom is 0.281 e. The molecular weight excluding hydrogens is 358 g/mol. The van der Waals surface area contributed by atoms with E-state index in [-0.39, 0.29) is 18.4 Å². The summed E-state index contributed by atoms with van der Waals surface area (Å²) in [5.41, 5.74) is 0.879. The Labute approximate surface area is 155 Å². The average molecular weight is 385 g/mol. The quantitative estimate of drug-likeness (QED) is 0.751. The fraction of sp³-hybridized carbons (Fsp3) is 0.588. The zero-order chi connectivity index (χ0) is 19.3. The summed E-state index contributed by atoms with van der Waals surface area (Å²) in [6, 6.07) is 5.44. The highest BCUT2D eigenvalue weighted by atomic mass is 32.2. The molecule has 9 heteroatoms. The Bertz CT molecular complexity index is 736. The zero-order valence-electron chi connectivity index (χ0n) is 15.7. The standard InChI is InChI=1S/C17H27N3O5S/c1-19(2)26(22,23)20-9-5-6-14(12-20)17(21)18-11-13-7-8-15(24-3)16(10-13)25-4/h7-8,10,14H,5-6,9,11-12H2,1-4H3,(H,18,21). The van der Waals surface area contributed by atoms with Crippen molar-refractivity contribution in [3.8, 4) is 11.5 Å². The number of nitrogens with zero attached hydrogens (tertiary/aromatic N) is 2. The molecule has 1 aromatic rings. The molecule has 26 heavy (non-hydrogen) atoms. The molecule has 1 N–H and O–H groups in total. The summed E-state index contributed by atoms with van der Waals surface area (Å²) >= 11 is 0. The Hall–Kier alpha value is -1.84. The molecule has 1 heterocycles. The van der Waals surface area contributed by atoms with Crippen LogP contribution in [0.4, 0.5) is 0 Å². The molecule has 146 valence electrons. The van der Waals surface area contributed by atoms with Gasteiger partial charge in [0.1, 0.15) is 0 Å². The molecule has 1 unspecified atom stereocenters. The summed E-state index contributed by atoms with van der Waals surface area (Å²) in [4.78, 5) is 12.5. The van der Waals surface area contributed by atoms with Gasteiger partial charge in [0.2, 0.25) is 5.91 Å². The lowest BCUT2D eigenvalue weighted by molar-refractivity contribution is -0.126. The monoisotopic (exact) mass is 385 g/mol. The number of amides is 1. The largest absolute Gasteiger partial charge is 0.493 e. The molecule has 0 bridgehead atoms. The molecule has 2 rings (SSSR count). The summed E-state index contributed by atoms with van der Waals surface area (Å²) in [6.45, 7) is 0.994. The van der Waals surface area contributed by atoms with Gasteiger partial charge in [-0.3, -0.25) is 4.79 Å². The minimum atomic E-state index is -3.49. The predicted octanol–water partition coefficient (Wildman–Crippen LogP) is 0.838. The van der Waals surface area contributed by atoms with Gasteiger partial charge in [-0.25, -0.2) is 0 Å². The van der Waals surface area contributed by atoms with Gasteiger partial charge in [0, 0.05) is 33.7 Å². The van der Waals surface area contributed by atoms with Gasteiger partial charge in [-0.1, -0.05) is 6.07 Å². The number of carbonyl (C=O) groups excluding carboxylic acids is 1. The maximum absolute atomic E-state index is 12.5. The average Bonchev–Trinajstić information content (AvgIpc) is 2.65. The van der Waals surface area contributed by atoms with Crippen molar-refractivity contribution in [3.63, 3.8) is 0 Å². The van der Waals surface area contributed by atoms with E-state index in [9.17, 15) is 13.2 Å². The van der Waals surface area contributed by atoms with Crippen LogP contribution in [0.2, 0.25) is 0 Å². The van der Waals surface area contributed by atoms with Crippen LogP contribution in [0.25, 0.3) is 0 Å². The highest BCUT2D eigenvalue weighted by Crippen LogP contribution is 2.27. The molecule has 1 aliphatic rings. The molecule has 1 fully saturated rings. The van der Waals surface area contributed by atoms with Gasteiger partial charge in [-0.05, 0) is 30.5 Å². The second-order valence-corrected chi connectivity index (χ2v) is 8.54. The van der Waals surface area contributed by atoms with Crippen LogP contribution in [0.1, 0.15) is 18.4 Å². The molecule has 0 radical (unpaired) electrons. The van der Waals surface area contributed by atoms with E-state index < -0.39 is 10.2 Å². The normalized spacial score (nSPS) is 18.6.